The molecular weight excluding hydrogens is 218 g/mol. The lowest BCUT2D eigenvalue weighted by molar-refractivity contribution is 0.241. The average molecular weight is 249 g/mol. The molecule has 0 heterocycles. The number of rotatable bonds is 9. The maximum absolute atomic E-state index is 9.39. The van der Waals surface area contributed by atoms with Crippen molar-refractivity contribution in [1.82, 2.24) is 0 Å². The highest BCUT2D eigenvalue weighted by atomic mass is 14.4. The van der Waals surface area contributed by atoms with Crippen LogP contribution in [0.25, 0.3) is 0 Å². The molecular formula is C17H31N. The lowest BCUT2D eigenvalue weighted by Crippen LogP contribution is -2.21. The monoisotopic (exact) mass is 249 g/mol. The fourth-order valence-corrected chi connectivity index (χ4v) is 3.24. The highest BCUT2D eigenvalue weighted by Gasteiger charge is 2.30. The zero-order valence-corrected chi connectivity index (χ0v) is 12.3. The van der Waals surface area contributed by atoms with Gasteiger partial charge in [0.15, 0.2) is 0 Å². The van der Waals surface area contributed by atoms with E-state index in [1.807, 2.05) is 0 Å². The first-order valence-corrected chi connectivity index (χ1v) is 8.24. The van der Waals surface area contributed by atoms with E-state index in [4.69, 9.17) is 0 Å². The fraction of sp³-hybridized carbons (Fsp3) is 0.941. The molecule has 0 spiro atoms. The normalized spacial score (nSPS) is 18.4. The van der Waals surface area contributed by atoms with Gasteiger partial charge in [-0.05, 0) is 19.3 Å². The van der Waals surface area contributed by atoms with E-state index >= 15 is 0 Å². The highest BCUT2D eigenvalue weighted by molar-refractivity contribution is 5.00. The largest absolute Gasteiger partial charge is 0.198 e. The summed E-state index contributed by atoms with van der Waals surface area (Å²) < 4.78 is 0. The van der Waals surface area contributed by atoms with Crippen LogP contribution >= 0.6 is 0 Å². The summed E-state index contributed by atoms with van der Waals surface area (Å²) in [6.07, 6.45) is 18.4. The van der Waals surface area contributed by atoms with Crippen LogP contribution in [0.15, 0.2) is 0 Å². The van der Waals surface area contributed by atoms with E-state index in [1.54, 1.807) is 0 Å². The number of hydrogen-bond acceptors (Lipinski definition) is 1. The smallest absolute Gasteiger partial charge is 0.0689 e. The van der Waals surface area contributed by atoms with Gasteiger partial charge < -0.3 is 0 Å². The zero-order valence-electron chi connectivity index (χ0n) is 12.3. The van der Waals surface area contributed by atoms with Gasteiger partial charge in [0, 0.05) is 0 Å². The maximum Gasteiger partial charge on any atom is 0.0689 e. The van der Waals surface area contributed by atoms with E-state index in [0.29, 0.717) is 0 Å². The van der Waals surface area contributed by atoms with Crippen LogP contribution < -0.4 is 0 Å². The molecule has 1 heteroatoms. The third kappa shape index (κ3) is 5.89. The van der Waals surface area contributed by atoms with E-state index in [0.717, 1.165) is 0 Å². The van der Waals surface area contributed by atoms with Crippen molar-refractivity contribution in [3.05, 3.63) is 0 Å². The van der Waals surface area contributed by atoms with Crippen LogP contribution in [0.2, 0.25) is 0 Å². The van der Waals surface area contributed by atoms with Gasteiger partial charge in [-0.1, -0.05) is 77.6 Å². The van der Waals surface area contributed by atoms with E-state index in [2.05, 4.69) is 13.0 Å². The Labute approximate surface area is 114 Å². The zero-order chi connectivity index (χ0) is 13.1. The molecule has 18 heavy (non-hydrogen) atoms. The molecule has 1 saturated carbocycles. The van der Waals surface area contributed by atoms with Gasteiger partial charge in [0.25, 0.3) is 0 Å². The third-order valence-electron chi connectivity index (χ3n) is 4.56. The molecule has 1 aliphatic carbocycles. The van der Waals surface area contributed by atoms with Gasteiger partial charge in [-0.25, -0.2) is 0 Å². The topological polar surface area (TPSA) is 23.8 Å². The van der Waals surface area contributed by atoms with Crippen LogP contribution in [0.3, 0.4) is 0 Å². The summed E-state index contributed by atoms with van der Waals surface area (Å²) in [5, 5.41) is 9.39. The predicted molar refractivity (Wildman–Crippen MR) is 78.4 cm³/mol. The number of hydrogen-bond donors (Lipinski definition) is 0. The number of unbranched alkanes of at least 4 members (excludes halogenated alkanes) is 7. The van der Waals surface area contributed by atoms with E-state index in [-0.39, 0.29) is 5.41 Å². The van der Waals surface area contributed by atoms with Gasteiger partial charge in [-0.15, -0.1) is 0 Å². The quantitative estimate of drug-likeness (QED) is 0.460. The van der Waals surface area contributed by atoms with Crippen molar-refractivity contribution < 1.29 is 0 Å². The van der Waals surface area contributed by atoms with Crippen LogP contribution in [0.1, 0.15) is 96.8 Å². The van der Waals surface area contributed by atoms with Crippen LogP contribution in [-0.2, 0) is 0 Å². The molecule has 104 valence electrons. The van der Waals surface area contributed by atoms with Gasteiger partial charge in [0.2, 0.25) is 0 Å². The molecule has 0 aliphatic heterocycles. The fourth-order valence-electron chi connectivity index (χ4n) is 3.24. The Morgan fingerprint density at radius 3 is 1.94 bits per heavy atom. The second kappa shape index (κ2) is 9.42. The Kier molecular flexibility index (Phi) is 8.14. The molecule has 0 bridgehead atoms. The standard InChI is InChI=1S/C17H31N/c1-2-3-4-5-6-7-8-10-13-17(16-18)14-11-9-12-15-17/h2-15H2,1H3. The molecule has 0 saturated heterocycles. The van der Waals surface area contributed by atoms with Gasteiger partial charge in [-0.3, -0.25) is 0 Å². The Hall–Kier alpha value is -0.510. The van der Waals surface area contributed by atoms with Gasteiger partial charge in [0.05, 0.1) is 11.5 Å². The van der Waals surface area contributed by atoms with Crippen LogP contribution in [0.5, 0.6) is 0 Å². The van der Waals surface area contributed by atoms with Gasteiger partial charge in [-0.2, -0.15) is 5.26 Å². The first kappa shape index (κ1) is 15.5. The van der Waals surface area contributed by atoms with Crippen LogP contribution in [0.4, 0.5) is 0 Å². The molecule has 1 rings (SSSR count). The molecule has 0 radical (unpaired) electrons. The number of nitriles is 1. The molecule has 1 nitrogen and oxygen atoms in total. The number of nitrogens with zero attached hydrogens (tertiary/aromatic N) is 1. The van der Waals surface area contributed by atoms with Gasteiger partial charge in [0.1, 0.15) is 0 Å². The summed E-state index contributed by atoms with van der Waals surface area (Å²) in [7, 11) is 0. The van der Waals surface area contributed by atoms with Crippen molar-refractivity contribution in [2.75, 3.05) is 0 Å². The summed E-state index contributed by atoms with van der Waals surface area (Å²) in [5.41, 5.74) is 0.0699. The van der Waals surface area contributed by atoms with E-state index < -0.39 is 0 Å². The second-order valence-corrected chi connectivity index (χ2v) is 6.18. The molecule has 1 aliphatic rings. The van der Waals surface area contributed by atoms with Gasteiger partial charge >= 0.3 is 0 Å². The predicted octanol–water partition coefficient (Wildman–Crippen LogP) is 5.99. The summed E-state index contributed by atoms with van der Waals surface area (Å²) >= 11 is 0. The summed E-state index contributed by atoms with van der Waals surface area (Å²) in [5.74, 6) is 0. The van der Waals surface area contributed by atoms with Crippen molar-refractivity contribution in [2.24, 2.45) is 5.41 Å². The summed E-state index contributed by atoms with van der Waals surface area (Å²) in [4.78, 5) is 0. The third-order valence-corrected chi connectivity index (χ3v) is 4.56. The average Bonchev–Trinajstić information content (AvgIpc) is 2.43. The maximum atomic E-state index is 9.39. The lowest BCUT2D eigenvalue weighted by atomic mass is 9.72. The lowest BCUT2D eigenvalue weighted by Gasteiger charge is -2.30. The minimum absolute atomic E-state index is 0.0699. The van der Waals surface area contributed by atoms with Crippen molar-refractivity contribution >= 4 is 0 Å². The van der Waals surface area contributed by atoms with E-state index in [9.17, 15) is 5.26 Å². The Morgan fingerprint density at radius 2 is 1.39 bits per heavy atom. The molecule has 0 N–H and O–H groups in total. The van der Waals surface area contributed by atoms with Crippen molar-refractivity contribution in [3.63, 3.8) is 0 Å². The first-order chi connectivity index (χ1) is 8.83. The molecule has 0 aromatic heterocycles. The van der Waals surface area contributed by atoms with Crippen molar-refractivity contribution in [3.8, 4) is 6.07 Å². The SMILES string of the molecule is CCCCCCCCCCC1(C#N)CCCCC1. The molecule has 1 fully saturated rings. The molecule has 0 aromatic rings. The molecule has 0 atom stereocenters. The Morgan fingerprint density at radius 1 is 0.833 bits per heavy atom. The molecule has 0 unspecified atom stereocenters. The van der Waals surface area contributed by atoms with Crippen molar-refractivity contribution in [2.45, 2.75) is 96.8 Å². The molecule has 0 aromatic carbocycles. The Bertz CT molecular complexity index is 232. The first-order valence-electron chi connectivity index (χ1n) is 8.24. The second-order valence-electron chi connectivity index (χ2n) is 6.18. The van der Waals surface area contributed by atoms with Crippen LogP contribution in [-0.4, -0.2) is 0 Å². The minimum Gasteiger partial charge on any atom is -0.198 e. The van der Waals surface area contributed by atoms with Crippen molar-refractivity contribution in [1.29, 1.82) is 5.26 Å². The summed E-state index contributed by atoms with van der Waals surface area (Å²) in [6, 6.07) is 2.64. The summed E-state index contributed by atoms with van der Waals surface area (Å²) in [6.45, 7) is 2.27. The van der Waals surface area contributed by atoms with Crippen LogP contribution in [0, 0.1) is 16.7 Å². The van der Waals surface area contributed by atoms with E-state index in [1.165, 1.54) is 89.9 Å². The molecule has 0 amide bonds. The highest BCUT2D eigenvalue weighted by Crippen LogP contribution is 2.40. The minimum atomic E-state index is 0.0699. The Balaban J connectivity index is 2.01.